The molecule has 1 atom stereocenters. The second-order valence-corrected chi connectivity index (χ2v) is 8.49. The van der Waals surface area contributed by atoms with Gasteiger partial charge in [-0.3, -0.25) is 9.59 Å². The molecule has 7 nitrogen and oxygen atoms in total. The minimum absolute atomic E-state index is 0.154. The van der Waals surface area contributed by atoms with Gasteiger partial charge in [-0.25, -0.2) is 13.8 Å². The maximum Gasteiger partial charge on any atom is 0.271 e. The Morgan fingerprint density at radius 1 is 1.43 bits per heavy atom. The number of carbonyl (C=O) groups excluding carboxylic acids is 2. The van der Waals surface area contributed by atoms with Crippen LogP contribution < -0.4 is 10.1 Å². The smallest absolute Gasteiger partial charge is 0.271 e. The van der Waals surface area contributed by atoms with Crippen LogP contribution in [-0.4, -0.2) is 53.9 Å². The van der Waals surface area contributed by atoms with Gasteiger partial charge < -0.3 is 15.0 Å². The number of nitrogens with zero attached hydrogens (tertiary/aromatic N) is 3. The third-order valence-corrected chi connectivity index (χ3v) is 6.40. The van der Waals surface area contributed by atoms with Crippen molar-refractivity contribution < 1.29 is 23.1 Å². The number of halogens is 2. The van der Waals surface area contributed by atoms with Crippen LogP contribution in [-0.2, 0) is 10.5 Å². The molecule has 0 radical (unpaired) electrons. The summed E-state index contributed by atoms with van der Waals surface area (Å²) in [6.45, 7) is -1.29. The predicted molar refractivity (Wildman–Crippen MR) is 108 cm³/mol. The highest BCUT2D eigenvalue weighted by Crippen LogP contribution is 2.31. The normalized spacial score (nSPS) is 17.4. The standard InChI is InChI=1S/C19H18F2N4O3S2/c1-28-13-2-4-14(5-3-13)29-10-16-24-15(9-30-16)18(27)23-8-17(26)25-11-19(20,21)6-12(25)7-22/h2-5,9,12H,6,8,10-11H2,1H3,(H,23,27)/t12-/m0/s1. The highest BCUT2D eigenvalue weighted by molar-refractivity contribution is 7.98. The van der Waals surface area contributed by atoms with Crippen molar-refractivity contribution >= 4 is 34.9 Å². The van der Waals surface area contributed by atoms with Crippen molar-refractivity contribution in [3.05, 3.63) is 40.3 Å². The Morgan fingerprint density at radius 2 is 2.17 bits per heavy atom. The summed E-state index contributed by atoms with van der Waals surface area (Å²) < 4.78 is 32.0. The fourth-order valence-corrected chi connectivity index (χ4v) is 4.53. The number of nitriles is 1. The summed E-state index contributed by atoms with van der Waals surface area (Å²) in [4.78, 5) is 30.5. The van der Waals surface area contributed by atoms with E-state index in [1.54, 1.807) is 30.3 Å². The molecule has 2 amide bonds. The third-order valence-electron chi connectivity index (χ3n) is 4.35. The van der Waals surface area contributed by atoms with Crippen LogP contribution in [0.3, 0.4) is 0 Å². The van der Waals surface area contributed by atoms with Crippen LogP contribution in [0.2, 0.25) is 0 Å². The van der Waals surface area contributed by atoms with Crippen molar-refractivity contribution in [2.45, 2.75) is 29.0 Å². The Kier molecular flexibility index (Phi) is 6.89. The number of carbonyl (C=O) groups is 2. The lowest BCUT2D eigenvalue weighted by atomic mass is 10.2. The third kappa shape index (κ3) is 5.46. The summed E-state index contributed by atoms with van der Waals surface area (Å²) >= 11 is 2.87. The topological polar surface area (TPSA) is 95.3 Å². The van der Waals surface area contributed by atoms with E-state index < -0.39 is 43.3 Å². The summed E-state index contributed by atoms with van der Waals surface area (Å²) in [6.07, 6.45) is -0.690. The molecule has 11 heteroatoms. The van der Waals surface area contributed by atoms with Crippen molar-refractivity contribution in [1.82, 2.24) is 15.2 Å². The number of ether oxygens (including phenoxy) is 1. The molecule has 1 aromatic heterocycles. The molecule has 158 valence electrons. The van der Waals surface area contributed by atoms with Crippen LogP contribution in [0.25, 0.3) is 0 Å². The van der Waals surface area contributed by atoms with Crippen molar-refractivity contribution in [3.8, 4) is 11.8 Å². The fourth-order valence-electron chi connectivity index (χ4n) is 2.84. The van der Waals surface area contributed by atoms with Crippen LogP contribution >= 0.6 is 23.1 Å². The first-order valence-corrected chi connectivity index (χ1v) is 10.7. The summed E-state index contributed by atoms with van der Waals surface area (Å²) in [5.74, 6) is -3.06. The number of aromatic nitrogens is 1. The van der Waals surface area contributed by atoms with Gasteiger partial charge in [0.2, 0.25) is 5.91 Å². The molecule has 1 saturated heterocycles. The Labute approximate surface area is 180 Å². The number of rotatable bonds is 7. The van der Waals surface area contributed by atoms with E-state index in [9.17, 15) is 18.4 Å². The first kappa shape index (κ1) is 22.0. The molecule has 0 spiro atoms. The fraction of sp³-hybridized carbons (Fsp3) is 0.368. The molecule has 1 fully saturated rings. The average molecular weight is 453 g/mol. The second kappa shape index (κ2) is 9.40. The van der Waals surface area contributed by atoms with E-state index in [0.717, 1.165) is 20.6 Å². The lowest BCUT2D eigenvalue weighted by Crippen LogP contribution is -2.43. The maximum atomic E-state index is 13.4. The van der Waals surface area contributed by atoms with E-state index in [1.165, 1.54) is 11.3 Å². The van der Waals surface area contributed by atoms with E-state index in [-0.39, 0.29) is 5.69 Å². The van der Waals surface area contributed by atoms with Crippen molar-refractivity contribution in [3.63, 3.8) is 0 Å². The van der Waals surface area contributed by atoms with Crippen molar-refractivity contribution in [2.75, 3.05) is 20.2 Å². The molecule has 1 aliphatic heterocycles. The predicted octanol–water partition coefficient (Wildman–Crippen LogP) is 2.93. The lowest BCUT2D eigenvalue weighted by molar-refractivity contribution is -0.131. The molecule has 2 aromatic rings. The number of hydrogen-bond donors (Lipinski definition) is 1. The van der Waals surface area contributed by atoms with Gasteiger partial charge in [0.25, 0.3) is 11.8 Å². The summed E-state index contributed by atoms with van der Waals surface area (Å²) in [5.41, 5.74) is 0.154. The van der Waals surface area contributed by atoms with E-state index in [0.29, 0.717) is 5.75 Å². The van der Waals surface area contributed by atoms with Crippen LogP contribution in [0.4, 0.5) is 8.78 Å². The molecule has 1 aromatic carbocycles. The molecular formula is C19H18F2N4O3S2. The van der Waals surface area contributed by atoms with Gasteiger partial charge in [0.15, 0.2) is 0 Å². The molecule has 0 bridgehead atoms. The average Bonchev–Trinajstić information content (AvgIpc) is 3.34. The molecule has 0 aliphatic carbocycles. The number of alkyl halides is 2. The van der Waals surface area contributed by atoms with Crippen LogP contribution in [0.1, 0.15) is 21.9 Å². The van der Waals surface area contributed by atoms with E-state index >= 15 is 0 Å². The monoisotopic (exact) mass is 452 g/mol. The number of amides is 2. The molecule has 3 rings (SSSR count). The number of hydrogen-bond acceptors (Lipinski definition) is 7. The van der Waals surface area contributed by atoms with Gasteiger partial charge in [-0.1, -0.05) is 0 Å². The van der Waals surface area contributed by atoms with Gasteiger partial charge in [0.1, 0.15) is 22.5 Å². The SMILES string of the molecule is COc1ccc(SCc2nc(C(=O)NCC(=O)N3CC(F)(F)C[C@H]3C#N)cs2)cc1. The first-order chi connectivity index (χ1) is 14.3. The zero-order valence-electron chi connectivity index (χ0n) is 15.9. The Bertz CT molecular complexity index is 959. The van der Waals surface area contributed by atoms with Gasteiger partial charge in [-0.2, -0.15) is 5.26 Å². The largest absolute Gasteiger partial charge is 0.497 e. The van der Waals surface area contributed by atoms with Crippen molar-refractivity contribution in [2.24, 2.45) is 0 Å². The lowest BCUT2D eigenvalue weighted by Gasteiger charge is -2.19. The first-order valence-electron chi connectivity index (χ1n) is 8.87. The molecule has 0 saturated carbocycles. The minimum atomic E-state index is -3.09. The number of nitrogens with one attached hydrogen (secondary N) is 1. The molecular weight excluding hydrogens is 434 g/mol. The zero-order valence-corrected chi connectivity index (χ0v) is 17.6. The Hall–Kier alpha value is -2.71. The number of thiazole rings is 1. The van der Waals surface area contributed by atoms with Gasteiger partial charge >= 0.3 is 0 Å². The molecule has 1 N–H and O–H groups in total. The Morgan fingerprint density at radius 3 is 2.83 bits per heavy atom. The minimum Gasteiger partial charge on any atom is -0.497 e. The van der Waals surface area contributed by atoms with Crippen LogP contribution in [0.15, 0.2) is 34.5 Å². The zero-order chi connectivity index (χ0) is 21.7. The summed E-state index contributed by atoms with van der Waals surface area (Å²) in [5, 5.41) is 13.6. The summed E-state index contributed by atoms with van der Waals surface area (Å²) in [7, 11) is 1.60. The van der Waals surface area contributed by atoms with Crippen molar-refractivity contribution in [1.29, 1.82) is 5.26 Å². The number of likely N-dealkylation sites (tertiary alicyclic amines) is 1. The molecule has 0 unspecified atom stereocenters. The number of methoxy groups -OCH3 is 1. The van der Waals surface area contributed by atoms with Gasteiger partial charge in [0.05, 0.1) is 32.0 Å². The van der Waals surface area contributed by atoms with E-state index in [2.05, 4.69) is 10.3 Å². The highest BCUT2D eigenvalue weighted by Gasteiger charge is 2.47. The van der Waals surface area contributed by atoms with Gasteiger partial charge in [-0.05, 0) is 24.3 Å². The van der Waals surface area contributed by atoms with E-state index in [4.69, 9.17) is 10.00 Å². The summed E-state index contributed by atoms with van der Waals surface area (Å²) in [6, 6.07) is 8.07. The van der Waals surface area contributed by atoms with Crippen LogP contribution in [0.5, 0.6) is 5.75 Å². The van der Waals surface area contributed by atoms with Gasteiger partial charge in [0, 0.05) is 16.7 Å². The maximum absolute atomic E-state index is 13.4. The quantitative estimate of drug-likeness (QED) is 0.649. The second-order valence-electron chi connectivity index (χ2n) is 6.50. The number of benzene rings is 1. The van der Waals surface area contributed by atoms with E-state index in [1.807, 2.05) is 24.3 Å². The molecule has 30 heavy (non-hydrogen) atoms. The molecule has 2 heterocycles. The Balaban J connectivity index is 1.50. The van der Waals surface area contributed by atoms with Crippen LogP contribution in [0, 0.1) is 11.3 Å². The molecule has 1 aliphatic rings. The van der Waals surface area contributed by atoms with Gasteiger partial charge in [-0.15, -0.1) is 23.1 Å². The highest BCUT2D eigenvalue weighted by atomic mass is 32.2. The number of thioether (sulfide) groups is 1.